The molecular weight excluding hydrogens is 573 g/mol. The summed E-state index contributed by atoms with van der Waals surface area (Å²) >= 11 is 0. The number of nitrogens with zero attached hydrogens (tertiary/aromatic N) is 6. The van der Waals surface area contributed by atoms with Gasteiger partial charge in [0.15, 0.2) is 0 Å². The van der Waals surface area contributed by atoms with E-state index < -0.39 is 29.6 Å². The SMILES string of the molecule is C=CC(=O)N1CC(N2CC[C@H](CN3C[C@H]4CC(=O)N(c5cc(C(F)(F)F)cc(C)n5)[C@@H]4C(=O)N(C)c4cccc(C)c43)C2)C1. The van der Waals surface area contributed by atoms with Crippen molar-refractivity contribution in [2.75, 3.05) is 61.0 Å². The fourth-order valence-corrected chi connectivity index (χ4v) is 7.32. The van der Waals surface area contributed by atoms with Crippen molar-refractivity contribution >= 4 is 34.9 Å². The maximum absolute atomic E-state index is 14.1. The van der Waals surface area contributed by atoms with Gasteiger partial charge >= 0.3 is 6.18 Å². The summed E-state index contributed by atoms with van der Waals surface area (Å²) < 4.78 is 41.1. The molecule has 0 saturated carbocycles. The van der Waals surface area contributed by atoms with Crippen molar-refractivity contribution in [3.05, 3.63) is 59.8 Å². The summed E-state index contributed by atoms with van der Waals surface area (Å²) in [7, 11) is 1.66. The van der Waals surface area contributed by atoms with E-state index in [9.17, 15) is 27.6 Å². The van der Waals surface area contributed by atoms with Crippen LogP contribution in [0.4, 0.5) is 30.4 Å². The Hall–Kier alpha value is -3.93. The van der Waals surface area contributed by atoms with E-state index in [1.54, 1.807) is 16.8 Å². The van der Waals surface area contributed by atoms with Crippen LogP contribution in [-0.4, -0.2) is 90.9 Å². The van der Waals surface area contributed by atoms with Crippen LogP contribution in [0.15, 0.2) is 43.0 Å². The van der Waals surface area contributed by atoms with Crippen molar-refractivity contribution in [1.82, 2.24) is 14.8 Å². The number of rotatable bonds is 5. The van der Waals surface area contributed by atoms with Crippen molar-refractivity contribution < 1.29 is 27.6 Å². The van der Waals surface area contributed by atoms with E-state index in [0.717, 1.165) is 42.9 Å². The number of fused-ring (bicyclic) bond motifs is 2. The highest BCUT2D eigenvalue weighted by molar-refractivity contribution is 6.10. The van der Waals surface area contributed by atoms with Crippen LogP contribution in [0.5, 0.6) is 0 Å². The van der Waals surface area contributed by atoms with Gasteiger partial charge in [-0.1, -0.05) is 18.7 Å². The Bertz CT molecular complexity index is 1510. The molecule has 44 heavy (non-hydrogen) atoms. The summed E-state index contributed by atoms with van der Waals surface area (Å²) in [5, 5.41) is 0. The molecule has 3 fully saturated rings. The van der Waals surface area contributed by atoms with Crippen molar-refractivity contribution in [3.63, 3.8) is 0 Å². The van der Waals surface area contributed by atoms with Crippen LogP contribution in [-0.2, 0) is 20.6 Å². The zero-order chi connectivity index (χ0) is 31.5. The first kappa shape index (κ1) is 30.1. The number of alkyl halides is 3. The smallest absolute Gasteiger partial charge is 0.369 e. The number of hydrogen-bond donors (Lipinski definition) is 0. The number of likely N-dealkylation sites (tertiary alicyclic amines) is 2. The molecule has 3 saturated heterocycles. The minimum atomic E-state index is -4.62. The highest BCUT2D eigenvalue weighted by Gasteiger charge is 2.50. The highest BCUT2D eigenvalue weighted by Crippen LogP contribution is 2.42. The Labute approximate surface area is 254 Å². The summed E-state index contributed by atoms with van der Waals surface area (Å²) in [4.78, 5) is 53.0. The maximum Gasteiger partial charge on any atom is 0.416 e. The van der Waals surface area contributed by atoms with E-state index >= 15 is 0 Å². The van der Waals surface area contributed by atoms with E-state index in [4.69, 9.17) is 0 Å². The number of pyridine rings is 1. The number of aryl methyl sites for hydroxylation is 2. The van der Waals surface area contributed by atoms with Crippen LogP contribution in [0.25, 0.3) is 0 Å². The molecule has 0 N–H and O–H groups in total. The number of hydrogen-bond acceptors (Lipinski definition) is 6. The number of para-hydroxylation sites is 1. The van der Waals surface area contributed by atoms with Gasteiger partial charge in [0.25, 0.3) is 0 Å². The third kappa shape index (κ3) is 5.33. The van der Waals surface area contributed by atoms with Crippen LogP contribution in [0, 0.1) is 25.7 Å². The first-order chi connectivity index (χ1) is 20.8. The van der Waals surface area contributed by atoms with Crippen LogP contribution in [0.1, 0.15) is 29.7 Å². The van der Waals surface area contributed by atoms with Gasteiger partial charge in [-0.3, -0.25) is 24.2 Å². The molecule has 4 aliphatic rings. The maximum atomic E-state index is 14.1. The molecule has 2 aromatic rings. The summed E-state index contributed by atoms with van der Waals surface area (Å²) in [5.74, 6) is -1.07. The van der Waals surface area contributed by atoms with Crippen LogP contribution >= 0.6 is 0 Å². The number of benzene rings is 1. The van der Waals surface area contributed by atoms with Gasteiger partial charge in [0.1, 0.15) is 11.9 Å². The Morgan fingerprint density at radius 3 is 2.57 bits per heavy atom. The molecule has 12 heteroatoms. The van der Waals surface area contributed by atoms with E-state index in [1.165, 1.54) is 17.9 Å². The molecular formula is C32H37F3N6O3. The zero-order valence-corrected chi connectivity index (χ0v) is 25.2. The third-order valence-corrected chi connectivity index (χ3v) is 9.54. The van der Waals surface area contributed by atoms with Crippen molar-refractivity contribution in [3.8, 4) is 0 Å². The lowest BCUT2D eigenvalue weighted by molar-refractivity contribution is -0.137. The number of likely N-dealkylation sites (N-methyl/N-ethyl adjacent to an activating group) is 1. The predicted octanol–water partition coefficient (Wildman–Crippen LogP) is 3.64. The molecule has 1 aromatic carbocycles. The number of carbonyl (C=O) groups excluding carboxylic acids is 3. The summed E-state index contributed by atoms with van der Waals surface area (Å²) in [6, 6.07) is 6.91. The Morgan fingerprint density at radius 1 is 1.11 bits per heavy atom. The summed E-state index contributed by atoms with van der Waals surface area (Å²) in [5.41, 5.74) is 1.86. The largest absolute Gasteiger partial charge is 0.416 e. The molecule has 3 atom stereocenters. The van der Waals surface area contributed by atoms with E-state index in [1.807, 2.05) is 25.1 Å². The molecule has 5 heterocycles. The number of amides is 3. The van der Waals surface area contributed by atoms with Gasteiger partial charge in [-0.05, 0) is 62.6 Å². The normalized spacial score (nSPS) is 24.6. The van der Waals surface area contributed by atoms with E-state index in [2.05, 4.69) is 21.4 Å². The van der Waals surface area contributed by atoms with Crippen LogP contribution < -0.4 is 14.7 Å². The van der Waals surface area contributed by atoms with Gasteiger partial charge in [0, 0.05) is 63.8 Å². The van der Waals surface area contributed by atoms with Crippen LogP contribution in [0.3, 0.4) is 0 Å². The average Bonchev–Trinajstić information content (AvgIpc) is 3.52. The highest BCUT2D eigenvalue weighted by atomic mass is 19.4. The molecule has 0 unspecified atom stereocenters. The van der Waals surface area contributed by atoms with Crippen molar-refractivity contribution in [2.24, 2.45) is 11.8 Å². The first-order valence-electron chi connectivity index (χ1n) is 15.0. The lowest BCUT2D eigenvalue weighted by Crippen LogP contribution is -2.60. The Balaban J connectivity index is 1.29. The number of carbonyl (C=O) groups is 3. The number of halogens is 3. The van der Waals surface area contributed by atoms with Gasteiger partial charge in [-0.25, -0.2) is 4.98 Å². The van der Waals surface area contributed by atoms with Gasteiger partial charge in [0.2, 0.25) is 17.7 Å². The second-order valence-electron chi connectivity index (χ2n) is 12.5. The molecule has 0 bridgehead atoms. The monoisotopic (exact) mass is 610 g/mol. The van der Waals surface area contributed by atoms with Gasteiger partial charge in [0.05, 0.1) is 16.9 Å². The van der Waals surface area contributed by atoms with Crippen molar-refractivity contribution in [2.45, 2.75) is 44.9 Å². The standard InChI is InChI=1S/C32H37F3N6O3/c1-5-27(42)39-17-24(18-39)38-10-9-21(14-38)15-40-16-22-12-28(43)41(26-13-23(32(33,34)35)11-20(3)36-26)30(22)31(44)37(4)25-8-6-7-19(2)29(25)40/h5-8,11,13,21-22,24,30H,1,9-10,12,14-18H2,2-4H3/t21-,22+,30-/m0/s1. The topological polar surface area (TPSA) is 80.3 Å². The molecule has 9 nitrogen and oxygen atoms in total. The van der Waals surface area contributed by atoms with Gasteiger partial charge < -0.3 is 14.7 Å². The average molecular weight is 611 g/mol. The zero-order valence-electron chi connectivity index (χ0n) is 25.2. The second kappa shape index (κ2) is 11.2. The molecule has 0 radical (unpaired) electrons. The predicted molar refractivity (Wildman–Crippen MR) is 160 cm³/mol. The Kier molecular flexibility index (Phi) is 7.67. The molecule has 234 valence electrons. The molecule has 4 aliphatic heterocycles. The second-order valence-corrected chi connectivity index (χ2v) is 12.5. The van der Waals surface area contributed by atoms with Gasteiger partial charge in [-0.2, -0.15) is 13.2 Å². The minimum Gasteiger partial charge on any atom is -0.369 e. The van der Waals surface area contributed by atoms with Crippen molar-refractivity contribution in [1.29, 1.82) is 0 Å². The quantitative estimate of drug-likeness (QED) is 0.482. The van der Waals surface area contributed by atoms with E-state index in [-0.39, 0.29) is 29.7 Å². The van der Waals surface area contributed by atoms with Gasteiger partial charge in [-0.15, -0.1) is 0 Å². The molecule has 1 aromatic heterocycles. The fourth-order valence-electron chi connectivity index (χ4n) is 7.32. The molecule has 3 amide bonds. The Morgan fingerprint density at radius 2 is 1.86 bits per heavy atom. The summed E-state index contributed by atoms with van der Waals surface area (Å²) in [6.07, 6.45) is -2.26. The molecule has 6 rings (SSSR count). The first-order valence-corrected chi connectivity index (χ1v) is 15.0. The number of anilines is 3. The lowest BCUT2D eigenvalue weighted by atomic mass is 9.94. The number of aromatic nitrogens is 1. The minimum absolute atomic E-state index is 0.0327. The fraction of sp³-hybridized carbons (Fsp3) is 0.500. The third-order valence-electron chi connectivity index (χ3n) is 9.54. The lowest BCUT2D eigenvalue weighted by Gasteiger charge is -2.44. The molecule has 0 spiro atoms. The summed E-state index contributed by atoms with van der Waals surface area (Å²) in [6.45, 7) is 11.3. The van der Waals surface area contributed by atoms with E-state index in [0.29, 0.717) is 43.8 Å². The molecule has 0 aliphatic carbocycles. The van der Waals surface area contributed by atoms with Crippen LogP contribution in [0.2, 0.25) is 0 Å².